The summed E-state index contributed by atoms with van der Waals surface area (Å²) < 4.78 is 16.3. The minimum absolute atomic E-state index is 0.0204. The summed E-state index contributed by atoms with van der Waals surface area (Å²) in [6.07, 6.45) is -0.510. The first-order valence-electron chi connectivity index (χ1n) is 9.76. The number of amides is 1. The van der Waals surface area contributed by atoms with Gasteiger partial charge in [0.15, 0.2) is 6.73 Å². The highest BCUT2D eigenvalue weighted by Crippen LogP contribution is 2.37. The fourth-order valence-corrected chi connectivity index (χ4v) is 3.42. The van der Waals surface area contributed by atoms with Gasteiger partial charge in [0.1, 0.15) is 11.5 Å². The zero-order valence-electron chi connectivity index (χ0n) is 17.6. The van der Waals surface area contributed by atoms with Crippen molar-refractivity contribution in [3.05, 3.63) is 66.7 Å². The molecule has 1 N–H and O–H groups in total. The number of nitrogens with one attached hydrogen (secondary N) is 1. The number of para-hydroxylation sites is 1. The quantitative estimate of drug-likeness (QED) is 0.357. The number of hydrogen-bond donors (Lipinski definition) is 1. The second-order valence-electron chi connectivity index (χ2n) is 6.83. The summed E-state index contributed by atoms with van der Waals surface area (Å²) >= 11 is 0. The van der Waals surface area contributed by atoms with Gasteiger partial charge in [0.25, 0.3) is 0 Å². The van der Waals surface area contributed by atoms with Crippen molar-refractivity contribution in [3.63, 3.8) is 0 Å². The summed E-state index contributed by atoms with van der Waals surface area (Å²) in [5, 5.41) is 4.36. The molecule has 0 bridgehead atoms. The third-order valence-electron chi connectivity index (χ3n) is 5.01. The van der Waals surface area contributed by atoms with E-state index >= 15 is 0 Å². The lowest BCUT2D eigenvalue weighted by Gasteiger charge is -2.26. The Morgan fingerprint density at radius 3 is 2.39 bits per heavy atom. The van der Waals surface area contributed by atoms with Crippen LogP contribution in [0.3, 0.4) is 0 Å². The van der Waals surface area contributed by atoms with Crippen molar-refractivity contribution in [2.24, 2.45) is 0 Å². The Hall–Kier alpha value is -4.00. The summed E-state index contributed by atoms with van der Waals surface area (Å²) in [5.74, 6) is 1.39. The van der Waals surface area contributed by atoms with Crippen molar-refractivity contribution < 1.29 is 19.0 Å². The fraction of sp³-hybridized carbons (Fsp3) is 0.167. The van der Waals surface area contributed by atoms with Gasteiger partial charge in [0.05, 0.1) is 30.9 Å². The smallest absolute Gasteiger partial charge is 0.408 e. The van der Waals surface area contributed by atoms with E-state index in [-0.39, 0.29) is 6.73 Å². The summed E-state index contributed by atoms with van der Waals surface area (Å²) in [7, 11) is 4.77. The molecule has 0 aliphatic rings. The topological polar surface area (TPSA) is 72.9 Å². The van der Waals surface area contributed by atoms with E-state index < -0.39 is 6.09 Å². The molecule has 1 amide bonds. The number of nitrogens with zero attached hydrogens (tertiary/aromatic N) is 2. The SMILES string of the molecule is CNC(=O)OCN(c1ccccc1)c1cc(OC)cc2nc3cc(OC)ccc3cc12. The molecule has 0 aliphatic heterocycles. The predicted octanol–water partition coefficient (Wildman–Crippen LogP) is 4.86. The fourth-order valence-electron chi connectivity index (χ4n) is 3.42. The molecule has 7 nitrogen and oxygen atoms in total. The van der Waals surface area contributed by atoms with Crippen LogP contribution in [-0.2, 0) is 4.74 Å². The maximum absolute atomic E-state index is 11.8. The number of rotatable bonds is 6. The molecule has 0 unspecified atom stereocenters. The number of anilines is 2. The summed E-state index contributed by atoms with van der Waals surface area (Å²) in [4.78, 5) is 18.5. The average Bonchev–Trinajstić information content (AvgIpc) is 2.82. The molecule has 3 aromatic carbocycles. The first-order chi connectivity index (χ1) is 15.1. The molecule has 0 fully saturated rings. The van der Waals surface area contributed by atoms with Crippen LogP contribution in [0.1, 0.15) is 0 Å². The van der Waals surface area contributed by atoms with Crippen LogP contribution in [0.2, 0.25) is 0 Å². The number of alkyl carbamates (subject to hydrolysis) is 1. The van der Waals surface area contributed by atoms with Gasteiger partial charge < -0.3 is 24.4 Å². The van der Waals surface area contributed by atoms with E-state index in [1.165, 1.54) is 7.05 Å². The Bertz CT molecular complexity index is 1230. The predicted molar refractivity (Wildman–Crippen MR) is 121 cm³/mol. The highest BCUT2D eigenvalue weighted by Gasteiger charge is 2.17. The zero-order chi connectivity index (χ0) is 21.8. The molecule has 1 heterocycles. The van der Waals surface area contributed by atoms with E-state index in [2.05, 4.69) is 11.4 Å². The van der Waals surface area contributed by atoms with Crippen LogP contribution in [0.25, 0.3) is 21.8 Å². The molecule has 158 valence electrons. The van der Waals surface area contributed by atoms with E-state index in [0.29, 0.717) is 5.75 Å². The average molecular weight is 417 g/mol. The zero-order valence-corrected chi connectivity index (χ0v) is 17.6. The van der Waals surface area contributed by atoms with E-state index in [1.54, 1.807) is 14.2 Å². The van der Waals surface area contributed by atoms with Gasteiger partial charge in [-0.1, -0.05) is 18.2 Å². The Balaban J connectivity index is 1.92. The summed E-state index contributed by atoms with van der Waals surface area (Å²) in [6, 6.07) is 21.4. The lowest BCUT2D eigenvalue weighted by Crippen LogP contribution is -2.28. The monoisotopic (exact) mass is 417 g/mol. The van der Waals surface area contributed by atoms with Crippen LogP contribution < -0.4 is 19.7 Å². The highest BCUT2D eigenvalue weighted by molar-refractivity contribution is 6.02. The van der Waals surface area contributed by atoms with Gasteiger partial charge in [0, 0.05) is 41.7 Å². The standard InChI is InChI=1S/C24H23N3O4/c1-25-24(28)31-15-27(17-7-5-4-6-8-17)23-14-19(30-3)13-22-20(23)11-16-9-10-18(29-2)12-21(16)26-22/h4-14H,15H2,1-3H3,(H,25,28). The normalized spacial score (nSPS) is 10.7. The molecule has 0 saturated heterocycles. The number of carbonyl (C=O) groups is 1. The van der Waals surface area contributed by atoms with Crippen molar-refractivity contribution in [1.82, 2.24) is 10.3 Å². The van der Waals surface area contributed by atoms with Crippen molar-refractivity contribution >= 4 is 39.3 Å². The van der Waals surface area contributed by atoms with E-state index in [4.69, 9.17) is 19.2 Å². The maximum atomic E-state index is 11.8. The molecule has 0 atom stereocenters. The number of ether oxygens (including phenoxy) is 3. The van der Waals surface area contributed by atoms with Crippen molar-refractivity contribution in [1.29, 1.82) is 0 Å². The van der Waals surface area contributed by atoms with Crippen molar-refractivity contribution in [3.8, 4) is 11.5 Å². The Labute approximate surface area is 180 Å². The molecule has 0 radical (unpaired) electrons. The number of pyridine rings is 1. The van der Waals surface area contributed by atoms with Crippen LogP contribution in [-0.4, -0.2) is 39.1 Å². The number of carbonyl (C=O) groups excluding carboxylic acids is 1. The van der Waals surface area contributed by atoms with Crippen LogP contribution >= 0.6 is 0 Å². The summed E-state index contributed by atoms with van der Waals surface area (Å²) in [5.41, 5.74) is 3.26. The lowest BCUT2D eigenvalue weighted by atomic mass is 10.1. The largest absolute Gasteiger partial charge is 0.497 e. The number of methoxy groups -OCH3 is 2. The van der Waals surface area contributed by atoms with Crippen molar-refractivity contribution in [2.45, 2.75) is 0 Å². The molecule has 0 saturated carbocycles. The Morgan fingerprint density at radius 2 is 1.68 bits per heavy atom. The molecule has 0 spiro atoms. The minimum Gasteiger partial charge on any atom is -0.497 e. The maximum Gasteiger partial charge on any atom is 0.408 e. The number of benzene rings is 3. The van der Waals surface area contributed by atoms with Gasteiger partial charge in [0.2, 0.25) is 0 Å². The lowest BCUT2D eigenvalue weighted by molar-refractivity contribution is 0.151. The number of hydrogen-bond acceptors (Lipinski definition) is 6. The van der Waals surface area contributed by atoms with Gasteiger partial charge in [-0.15, -0.1) is 0 Å². The van der Waals surface area contributed by atoms with Gasteiger partial charge in [-0.05, 0) is 30.3 Å². The van der Waals surface area contributed by atoms with E-state index in [9.17, 15) is 4.79 Å². The third-order valence-corrected chi connectivity index (χ3v) is 5.01. The molecule has 4 aromatic rings. The van der Waals surface area contributed by atoms with Gasteiger partial charge in [-0.25, -0.2) is 9.78 Å². The molecule has 7 heteroatoms. The molecule has 0 aliphatic carbocycles. The van der Waals surface area contributed by atoms with Crippen LogP contribution in [0.15, 0.2) is 66.7 Å². The highest BCUT2D eigenvalue weighted by atomic mass is 16.6. The van der Waals surface area contributed by atoms with Gasteiger partial charge in [-0.3, -0.25) is 0 Å². The Kier molecular flexibility index (Phi) is 5.75. The molecular weight excluding hydrogens is 394 g/mol. The van der Waals surface area contributed by atoms with E-state index in [0.717, 1.165) is 38.9 Å². The van der Waals surface area contributed by atoms with Crippen LogP contribution in [0.4, 0.5) is 16.2 Å². The molecule has 4 rings (SSSR count). The van der Waals surface area contributed by atoms with Gasteiger partial charge >= 0.3 is 6.09 Å². The molecule has 31 heavy (non-hydrogen) atoms. The number of aromatic nitrogens is 1. The van der Waals surface area contributed by atoms with Crippen LogP contribution in [0, 0.1) is 0 Å². The molecule has 1 aromatic heterocycles. The second kappa shape index (κ2) is 8.79. The number of fused-ring (bicyclic) bond motifs is 2. The first kappa shape index (κ1) is 20.3. The molecular formula is C24H23N3O4. The second-order valence-corrected chi connectivity index (χ2v) is 6.83. The van der Waals surface area contributed by atoms with E-state index in [1.807, 2.05) is 65.6 Å². The Morgan fingerprint density at radius 1 is 0.935 bits per heavy atom. The van der Waals surface area contributed by atoms with Crippen LogP contribution in [0.5, 0.6) is 11.5 Å². The minimum atomic E-state index is -0.510. The summed E-state index contributed by atoms with van der Waals surface area (Å²) in [6.45, 7) is 0.0204. The van der Waals surface area contributed by atoms with Gasteiger partial charge in [-0.2, -0.15) is 0 Å². The first-order valence-corrected chi connectivity index (χ1v) is 9.76. The van der Waals surface area contributed by atoms with Crippen molar-refractivity contribution in [2.75, 3.05) is 32.9 Å². The third kappa shape index (κ3) is 4.16.